The molecule has 1 amide bonds. The molecule has 0 aromatic heterocycles. The average Bonchev–Trinajstić information content (AvgIpc) is 2.27. The summed E-state index contributed by atoms with van der Waals surface area (Å²) in [7, 11) is 1.95. The molecule has 0 bridgehead atoms. The van der Waals surface area contributed by atoms with Gasteiger partial charge in [-0.2, -0.15) is 0 Å². The highest BCUT2D eigenvalue weighted by atomic mass is 16.2. The first-order valence-electron chi connectivity index (χ1n) is 5.93. The maximum absolute atomic E-state index is 12.0. The zero-order valence-electron chi connectivity index (χ0n) is 9.75. The summed E-state index contributed by atoms with van der Waals surface area (Å²) in [4.78, 5) is 14.0. The number of hydrogen-bond donors (Lipinski definition) is 0. The molecule has 0 N–H and O–H groups in total. The van der Waals surface area contributed by atoms with Gasteiger partial charge in [-0.25, -0.2) is 0 Å². The molecule has 1 fully saturated rings. The van der Waals surface area contributed by atoms with Gasteiger partial charge in [0.15, 0.2) is 0 Å². The minimum atomic E-state index is 0.322. The van der Waals surface area contributed by atoms with Crippen molar-refractivity contribution in [3.63, 3.8) is 0 Å². The van der Waals surface area contributed by atoms with E-state index < -0.39 is 0 Å². The molecule has 0 saturated heterocycles. The van der Waals surface area contributed by atoms with Crippen molar-refractivity contribution in [3.05, 3.63) is 0 Å². The molecule has 0 aromatic rings. The van der Waals surface area contributed by atoms with Crippen LogP contribution >= 0.6 is 0 Å². The molecule has 1 saturated carbocycles. The Morgan fingerprint density at radius 1 is 1.36 bits per heavy atom. The van der Waals surface area contributed by atoms with Crippen LogP contribution in [-0.4, -0.2) is 23.9 Å². The van der Waals surface area contributed by atoms with E-state index >= 15 is 0 Å². The molecule has 0 spiro atoms. The third kappa shape index (κ3) is 2.73. The molecule has 14 heavy (non-hydrogen) atoms. The Morgan fingerprint density at radius 3 is 2.43 bits per heavy atom. The van der Waals surface area contributed by atoms with Crippen molar-refractivity contribution in [1.82, 2.24) is 4.90 Å². The summed E-state index contributed by atoms with van der Waals surface area (Å²) < 4.78 is 0. The highest BCUT2D eigenvalue weighted by molar-refractivity contribution is 5.78. The summed E-state index contributed by atoms with van der Waals surface area (Å²) in [6, 6.07) is 0.393. The Kier molecular flexibility index (Phi) is 4.43. The largest absolute Gasteiger partial charge is 0.343 e. The minimum absolute atomic E-state index is 0.322. The summed E-state index contributed by atoms with van der Waals surface area (Å²) in [6.45, 7) is 4.26. The predicted octanol–water partition coefficient (Wildman–Crippen LogP) is 2.82. The van der Waals surface area contributed by atoms with Crippen LogP contribution in [0, 0.1) is 5.92 Å². The first-order chi connectivity index (χ1) is 6.66. The summed E-state index contributed by atoms with van der Waals surface area (Å²) in [5, 5.41) is 0. The van der Waals surface area contributed by atoms with Gasteiger partial charge in [0.25, 0.3) is 0 Å². The number of amides is 1. The van der Waals surface area contributed by atoms with E-state index in [1.54, 1.807) is 0 Å². The van der Waals surface area contributed by atoms with E-state index in [0.717, 1.165) is 19.3 Å². The van der Waals surface area contributed by atoms with Crippen LogP contribution in [0.4, 0.5) is 0 Å². The van der Waals surface area contributed by atoms with Crippen molar-refractivity contribution in [2.24, 2.45) is 5.92 Å². The fraction of sp³-hybridized carbons (Fsp3) is 0.917. The van der Waals surface area contributed by atoms with Crippen LogP contribution in [0.1, 0.15) is 52.4 Å². The third-order valence-corrected chi connectivity index (χ3v) is 3.55. The lowest BCUT2D eigenvalue weighted by atomic mass is 9.88. The monoisotopic (exact) mass is 197 g/mol. The van der Waals surface area contributed by atoms with Gasteiger partial charge in [-0.1, -0.05) is 26.2 Å². The standard InChI is InChI=1S/C12H23NO/c1-4-10(2)13(3)12(14)11-8-6-5-7-9-11/h10-11H,4-9H2,1-3H3. The predicted molar refractivity (Wildman–Crippen MR) is 59.1 cm³/mol. The normalized spacial score (nSPS) is 20.5. The molecule has 1 aliphatic rings. The summed E-state index contributed by atoms with van der Waals surface area (Å²) in [5.41, 5.74) is 0. The Morgan fingerprint density at radius 2 is 1.93 bits per heavy atom. The van der Waals surface area contributed by atoms with E-state index in [-0.39, 0.29) is 0 Å². The molecule has 2 heteroatoms. The number of carbonyl (C=O) groups excluding carboxylic acids is 1. The fourth-order valence-corrected chi connectivity index (χ4v) is 2.13. The second kappa shape index (κ2) is 5.38. The lowest BCUT2D eigenvalue weighted by molar-refractivity contribution is -0.137. The molecular weight excluding hydrogens is 174 g/mol. The van der Waals surface area contributed by atoms with Crippen molar-refractivity contribution in [2.75, 3.05) is 7.05 Å². The van der Waals surface area contributed by atoms with Crippen molar-refractivity contribution < 1.29 is 4.79 Å². The number of hydrogen-bond acceptors (Lipinski definition) is 1. The fourth-order valence-electron chi connectivity index (χ4n) is 2.13. The van der Waals surface area contributed by atoms with Gasteiger partial charge in [-0.15, -0.1) is 0 Å². The van der Waals surface area contributed by atoms with Crippen molar-refractivity contribution in [1.29, 1.82) is 0 Å². The van der Waals surface area contributed by atoms with E-state index in [1.165, 1.54) is 19.3 Å². The molecule has 0 aromatic carbocycles. The Labute approximate surface area is 87.7 Å². The first-order valence-corrected chi connectivity index (χ1v) is 5.93. The zero-order chi connectivity index (χ0) is 10.6. The van der Waals surface area contributed by atoms with Crippen molar-refractivity contribution in [2.45, 2.75) is 58.4 Å². The van der Waals surface area contributed by atoms with Crippen LogP contribution in [0.15, 0.2) is 0 Å². The lowest BCUT2D eigenvalue weighted by Gasteiger charge is -2.30. The van der Waals surface area contributed by atoms with Crippen molar-refractivity contribution in [3.8, 4) is 0 Å². The molecule has 1 aliphatic carbocycles. The highest BCUT2D eigenvalue weighted by Crippen LogP contribution is 2.25. The van der Waals surface area contributed by atoms with Crippen LogP contribution < -0.4 is 0 Å². The maximum atomic E-state index is 12.0. The van der Waals surface area contributed by atoms with E-state index in [9.17, 15) is 4.79 Å². The van der Waals surface area contributed by atoms with E-state index in [1.807, 2.05) is 11.9 Å². The van der Waals surface area contributed by atoms with Crippen LogP contribution in [0.25, 0.3) is 0 Å². The van der Waals surface area contributed by atoms with Crippen LogP contribution in [0.5, 0.6) is 0 Å². The summed E-state index contributed by atoms with van der Waals surface area (Å²) >= 11 is 0. The molecule has 82 valence electrons. The second-order valence-corrected chi connectivity index (χ2v) is 4.54. The molecule has 1 unspecified atom stereocenters. The second-order valence-electron chi connectivity index (χ2n) is 4.54. The first kappa shape index (κ1) is 11.5. The molecule has 0 aliphatic heterocycles. The Balaban J connectivity index is 2.46. The van der Waals surface area contributed by atoms with E-state index in [2.05, 4.69) is 13.8 Å². The third-order valence-electron chi connectivity index (χ3n) is 3.55. The minimum Gasteiger partial charge on any atom is -0.343 e. The van der Waals surface area contributed by atoms with Gasteiger partial charge in [0.05, 0.1) is 0 Å². The quantitative estimate of drug-likeness (QED) is 0.681. The number of nitrogens with zero attached hydrogens (tertiary/aromatic N) is 1. The van der Waals surface area contributed by atoms with Crippen LogP contribution in [0.2, 0.25) is 0 Å². The van der Waals surface area contributed by atoms with Crippen LogP contribution in [-0.2, 0) is 4.79 Å². The van der Waals surface area contributed by atoms with Gasteiger partial charge in [0.2, 0.25) is 5.91 Å². The maximum Gasteiger partial charge on any atom is 0.225 e. The highest BCUT2D eigenvalue weighted by Gasteiger charge is 2.25. The summed E-state index contributed by atoms with van der Waals surface area (Å²) in [6.07, 6.45) is 7.07. The van der Waals surface area contributed by atoms with Crippen molar-refractivity contribution >= 4 is 5.91 Å². The molecule has 0 radical (unpaired) electrons. The lowest BCUT2D eigenvalue weighted by Crippen LogP contribution is -2.39. The number of carbonyl (C=O) groups is 1. The molecule has 1 atom stereocenters. The molecule has 1 rings (SSSR count). The van der Waals surface area contributed by atoms with Gasteiger partial charge < -0.3 is 4.90 Å². The van der Waals surface area contributed by atoms with Gasteiger partial charge in [-0.05, 0) is 26.2 Å². The topological polar surface area (TPSA) is 20.3 Å². The number of rotatable bonds is 3. The van der Waals surface area contributed by atoms with Gasteiger partial charge in [0.1, 0.15) is 0 Å². The van der Waals surface area contributed by atoms with Gasteiger partial charge in [-0.3, -0.25) is 4.79 Å². The zero-order valence-corrected chi connectivity index (χ0v) is 9.75. The molecule has 0 heterocycles. The SMILES string of the molecule is CCC(C)N(C)C(=O)C1CCCCC1. The molecule has 2 nitrogen and oxygen atoms in total. The van der Waals surface area contributed by atoms with E-state index in [0.29, 0.717) is 17.9 Å². The van der Waals surface area contributed by atoms with Crippen LogP contribution in [0.3, 0.4) is 0 Å². The molecular formula is C12H23NO. The summed E-state index contributed by atoms with van der Waals surface area (Å²) in [5.74, 6) is 0.696. The van der Waals surface area contributed by atoms with E-state index in [4.69, 9.17) is 0 Å². The smallest absolute Gasteiger partial charge is 0.225 e. The van der Waals surface area contributed by atoms with Gasteiger partial charge in [0, 0.05) is 19.0 Å². The van der Waals surface area contributed by atoms with Gasteiger partial charge >= 0.3 is 0 Å². The average molecular weight is 197 g/mol. The Hall–Kier alpha value is -0.530. The Bertz CT molecular complexity index is 181.